The van der Waals surface area contributed by atoms with Crippen LogP contribution >= 0.6 is 0 Å². The molecule has 1 heterocycles. The predicted molar refractivity (Wildman–Crippen MR) is 88.8 cm³/mol. The minimum absolute atomic E-state index is 0.123. The van der Waals surface area contributed by atoms with Crippen LogP contribution < -0.4 is 0 Å². The summed E-state index contributed by atoms with van der Waals surface area (Å²) in [7, 11) is 0. The second kappa shape index (κ2) is 6.92. The van der Waals surface area contributed by atoms with Gasteiger partial charge in [-0.3, -0.25) is 4.79 Å². The first-order valence-electron chi connectivity index (χ1n) is 7.62. The number of aromatic nitrogens is 1. The molecule has 1 aromatic heterocycles. The van der Waals surface area contributed by atoms with Gasteiger partial charge in [0.1, 0.15) is 6.26 Å². The number of carbonyl (C=O) groups is 1. The Bertz CT molecular complexity index is 766. The summed E-state index contributed by atoms with van der Waals surface area (Å²) in [5.74, 6) is 0.340. The van der Waals surface area contributed by atoms with Crippen molar-refractivity contribution in [1.29, 1.82) is 0 Å². The Morgan fingerprint density at radius 1 is 1.04 bits per heavy atom. The summed E-state index contributed by atoms with van der Waals surface area (Å²) in [5, 5.41) is 0. The molecule has 0 aliphatic carbocycles. The lowest BCUT2D eigenvalue weighted by molar-refractivity contribution is 0.0746. The Morgan fingerprint density at radius 2 is 1.70 bits per heavy atom. The highest BCUT2D eigenvalue weighted by Gasteiger charge is 2.19. The SMILES string of the molecule is CCN(Cc1ccccc1)C(=O)c1coc(-c2ccccc2)n1. The van der Waals surface area contributed by atoms with Gasteiger partial charge in [-0.1, -0.05) is 48.5 Å². The molecule has 0 atom stereocenters. The molecule has 4 nitrogen and oxygen atoms in total. The van der Waals surface area contributed by atoms with E-state index < -0.39 is 0 Å². The lowest BCUT2D eigenvalue weighted by Crippen LogP contribution is -2.30. The van der Waals surface area contributed by atoms with E-state index in [1.165, 1.54) is 6.26 Å². The van der Waals surface area contributed by atoms with Crippen LogP contribution in [0, 0.1) is 0 Å². The van der Waals surface area contributed by atoms with Gasteiger partial charge in [0.2, 0.25) is 5.89 Å². The first-order chi connectivity index (χ1) is 11.3. The van der Waals surface area contributed by atoms with Gasteiger partial charge in [-0.2, -0.15) is 0 Å². The quantitative estimate of drug-likeness (QED) is 0.715. The molecule has 3 rings (SSSR count). The van der Waals surface area contributed by atoms with Gasteiger partial charge in [0.25, 0.3) is 5.91 Å². The molecule has 0 saturated heterocycles. The summed E-state index contributed by atoms with van der Waals surface area (Å²) in [4.78, 5) is 18.7. The van der Waals surface area contributed by atoms with Crippen LogP contribution in [0.15, 0.2) is 71.3 Å². The first-order valence-corrected chi connectivity index (χ1v) is 7.62. The number of amides is 1. The largest absolute Gasteiger partial charge is 0.444 e. The fourth-order valence-electron chi connectivity index (χ4n) is 2.38. The minimum Gasteiger partial charge on any atom is -0.444 e. The molecule has 0 saturated carbocycles. The zero-order valence-corrected chi connectivity index (χ0v) is 13.0. The van der Waals surface area contributed by atoms with Crippen molar-refractivity contribution in [2.24, 2.45) is 0 Å². The maximum Gasteiger partial charge on any atom is 0.276 e. The number of nitrogens with zero attached hydrogens (tertiary/aromatic N) is 2. The highest BCUT2D eigenvalue weighted by Crippen LogP contribution is 2.19. The maximum atomic E-state index is 12.6. The van der Waals surface area contributed by atoms with Crippen molar-refractivity contribution < 1.29 is 9.21 Å². The molecule has 0 bridgehead atoms. The van der Waals surface area contributed by atoms with Crippen LogP contribution in [0.1, 0.15) is 23.0 Å². The van der Waals surface area contributed by atoms with Crippen LogP contribution in [0.5, 0.6) is 0 Å². The third-order valence-corrected chi connectivity index (χ3v) is 3.63. The average molecular weight is 306 g/mol. The number of hydrogen-bond donors (Lipinski definition) is 0. The van der Waals surface area contributed by atoms with Crippen molar-refractivity contribution in [1.82, 2.24) is 9.88 Å². The molecule has 1 amide bonds. The molecule has 0 radical (unpaired) electrons. The van der Waals surface area contributed by atoms with Crippen LogP contribution in [0.3, 0.4) is 0 Å². The van der Waals surface area contributed by atoms with E-state index in [1.54, 1.807) is 4.90 Å². The monoisotopic (exact) mass is 306 g/mol. The van der Waals surface area contributed by atoms with Crippen molar-refractivity contribution in [2.45, 2.75) is 13.5 Å². The van der Waals surface area contributed by atoms with Crippen LogP contribution in [-0.2, 0) is 6.54 Å². The van der Waals surface area contributed by atoms with Crippen molar-refractivity contribution in [3.63, 3.8) is 0 Å². The molecule has 116 valence electrons. The van der Waals surface area contributed by atoms with Crippen LogP contribution in [0.4, 0.5) is 0 Å². The Kier molecular flexibility index (Phi) is 4.52. The minimum atomic E-state index is -0.123. The van der Waals surface area contributed by atoms with E-state index in [0.717, 1.165) is 11.1 Å². The van der Waals surface area contributed by atoms with Crippen molar-refractivity contribution in [3.05, 3.63) is 78.2 Å². The zero-order valence-electron chi connectivity index (χ0n) is 13.0. The summed E-state index contributed by atoms with van der Waals surface area (Å²) >= 11 is 0. The molecule has 0 aliphatic rings. The maximum absolute atomic E-state index is 12.6. The topological polar surface area (TPSA) is 46.3 Å². The highest BCUT2D eigenvalue weighted by molar-refractivity contribution is 5.92. The predicted octanol–water partition coefficient (Wildman–Crippen LogP) is 4.00. The zero-order chi connectivity index (χ0) is 16.1. The van der Waals surface area contributed by atoms with E-state index in [-0.39, 0.29) is 5.91 Å². The van der Waals surface area contributed by atoms with Crippen molar-refractivity contribution >= 4 is 5.91 Å². The Morgan fingerprint density at radius 3 is 2.35 bits per heavy atom. The number of hydrogen-bond acceptors (Lipinski definition) is 3. The van der Waals surface area contributed by atoms with Gasteiger partial charge in [0, 0.05) is 18.7 Å². The molecule has 0 fully saturated rings. The third-order valence-electron chi connectivity index (χ3n) is 3.63. The lowest BCUT2D eigenvalue weighted by Gasteiger charge is -2.19. The molecule has 0 N–H and O–H groups in total. The summed E-state index contributed by atoms with van der Waals surface area (Å²) < 4.78 is 5.46. The standard InChI is InChI=1S/C19H18N2O2/c1-2-21(13-15-9-5-3-6-10-15)19(22)17-14-23-18(20-17)16-11-7-4-8-12-16/h3-12,14H,2,13H2,1H3. The summed E-state index contributed by atoms with van der Waals surface area (Å²) in [6.07, 6.45) is 1.43. The van der Waals surface area contributed by atoms with Crippen LogP contribution in [-0.4, -0.2) is 22.3 Å². The second-order valence-electron chi connectivity index (χ2n) is 5.21. The van der Waals surface area contributed by atoms with E-state index in [1.807, 2.05) is 67.6 Å². The normalized spacial score (nSPS) is 10.5. The number of rotatable bonds is 5. The van der Waals surface area contributed by atoms with E-state index in [0.29, 0.717) is 24.7 Å². The first kappa shape index (κ1) is 15.0. The number of oxazole rings is 1. The Labute approximate surface area is 135 Å². The van der Waals surface area contributed by atoms with Crippen LogP contribution in [0.25, 0.3) is 11.5 Å². The molecule has 0 spiro atoms. The molecule has 0 aliphatic heterocycles. The average Bonchev–Trinajstić information content (AvgIpc) is 3.11. The van der Waals surface area contributed by atoms with Gasteiger partial charge in [0.15, 0.2) is 5.69 Å². The molecular weight excluding hydrogens is 288 g/mol. The lowest BCUT2D eigenvalue weighted by atomic mass is 10.2. The van der Waals surface area contributed by atoms with Gasteiger partial charge in [0.05, 0.1) is 0 Å². The Balaban J connectivity index is 1.78. The van der Waals surface area contributed by atoms with Gasteiger partial charge in [-0.05, 0) is 24.6 Å². The summed E-state index contributed by atoms with van der Waals surface area (Å²) in [6, 6.07) is 19.5. The van der Waals surface area contributed by atoms with Gasteiger partial charge in [-0.15, -0.1) is 0 Å². The molecule has 2 aromatic carbocycles. The molecular formula is C19H18N2O2. The summed E-state index contributed by atoms with van der Waals surface area (Å²) in [5.41, 5.74) is 2.29. The summed E-state index contributed by atoms with van der Waals surface area (Å²) in [6.45, 7) is 3.13. The van der Waals surface area contributed by atoms with Gasteiger partial charge in [-0.25, -0.2) is 4.98 Å². The molecule has 0 unspecified atom stereocenters. The Hall–Kier alpha value is -2.88. The van der Waals surface area contributed by atoms with E-state index in [4.69, 9.17) is 4.42 Å². The van der Waals surface area contributed by atoms with E-state index >= 15 is 0 Å². The van der Waals surface area contributed by atoms with Gasteiger partial charge < -0.3 is 9.32 Å². The molecule has 4 heteroatoms. The number of benzene rings is 2. The highest BCUT2D eigenvalue weighted by atomic mass is 16.3. The van der Waals surface area contributed by atoms with Gasteiger partial charge >= 0.3 is 0 Å². The fourth-order valence-corrected chi connectivity index (χ4v) is 2.38. The molecule has 3 aromatic rings. The smallest absolute Gasteiger partial charge is 0.276 e. The van der Waals surface area contributed by atoms with Crippen LogP contribution in [0.2, 0.25) is 0 Å². The van der Waals surface area contributed by atoms with E-state index in [2.05, 4.69) is 4.98 Å². The number of carbonyl (C=O) groups excluding carboxylic acids is 1. The van der Waals surface area contributed by atoms with Crippen molar-refractivity contribution in [3.8, 4) is 11.5 Å². The molecule has 23 heavy (non-hydrogen) atoms. The second-order valence-corrected chi connectivity index (χ2v) is 5.21. The third kappa shape index (κ3) is 3.48. The fraction of sp³-hybridized carbons (Fsp3) is 0.158. The van der Waals surface area contributed by atoms with E-state index in [9.17, 15) is 4.79 Å². The van der Waals surface area contributed by atoms with Crippen molar-refractivity contribution in [2.75, 3.05) is 6.54 Å².